The topological polar surface area (TPSA) is 51.9 Å². The number of aryl methyl sites for hydroxylation is 1. The van der Waals surface area contributed by atoms with Crippen LogP contribution in [0.4, 0.5) is 0 Å². The molecule has 4 rings (SSSR count). The van der Waals surface area contributed by atoms with E-state index in [2.05, 4.69) is 5.32 Å². The quantitative estimate of drug-likeness (QED) is 0.717. The minimum absolute atomic E-state index is 0.102. The molecule has 0 aliphatic heterocycles. The molecule has 0 spiro atoms. The molecule has 0 saturated heterocycles. The first-order valence-corrected chi connectivity index (χ1v) is 9.79. The highest BCUT2D eigenvalue weighted by Gasteiger charge is 2.23. The molecule has 5 nitrogen and oxygen atoms in total. The van der Waals surface area contributed by atoms with Crippen LogP contribution in [0.2, 0.25) is 5.02 Å². The lowest BCUT2D eigenvalue weighted by Gasteiger charge is -2.22. The van der Waals surface area contributed by atoms with Crippen molar-refractivity contribution >= 4 is 17.5 Å². The van der Waals surface area contributed by atoms with Crippen molar-refractivity contribution in [3.05, 3.63) is 59.4 Å². The van der Waals surface area contributed by atoms with Gasteiger partial charge in [-0.05, 0) is 43.2 Å². The maximum absolute atomic E-state index is 13.1. The summed E-state index contributed by atoms with van der Waals surface area (Å²) in [6.45, 7) is 0. The molecule has 1 aromatic carbocycles. The van der Waals surface area contributed by atoms with E-state index in [-0.39, 0.29) is 11.9 Å². The second kappa shape index (κ2) is 7.61. The lowest BCUT2D eigenvalue weighted by Crippen LogP contribution is -2.37. The molecule has 0 bridgehead atoms. The number of hydrogen-bond donors (Lipinski definition) is 1. The number of hydrogen-bond acceptors (Lipinski definition) is 2. The molecule has 1 fully saturated rings. The van der Waals surface area contributed by atoms with E-state index in [1.807, 2.05) is 60.3 Å². The van der Waals surface area contributed by atoms with Gasteiger partial charge in [0.05, 0.1) is 16.4 Å². The fourth-order valence-electron chi connectivity index (χ4n) is 3.71. The Bertz CT molecular complexity index is 953. The van der Waals surface area contributed by atoms with Crippen LogP contribution in [0.25, 0.3) is 17.1 Å². The van der Waals surface area contributed by atoms with Crippen LogP contribution in [-0.4, -0.2) is 26.3 Å². The molecule has 27 heavy (non-hydrogen) atoms. The number of halogens is 1. The van der Waals surface area contributed by atoms with Gasteiger partial charge in [-0.25, -0.2) is 4.68 Å². The Balaban J connectivity index is 1.74. The molecule has 1 N–H and O–H groups in total. The van der Waals surface area contributed by atoms with Gasteiger partial charge in [-0.1, -0.05) is 43.0 Å². The van der Waals surface area contributed by atoms with Gasteiger partial charge < -0.3 is 9.88 Å². The summed E-state index contributed by atoms with van der Waals surface area (Å²) in [5.74, 6) is -0.102. The molecule has 140 valence electrons. The smallest absolute Gasteiger partial charge is 0.270 e. The summed E-state index contributed by atoms with van der Waals surface area (Å²) < 4.78 is 3.64. The number of carbonyl (C=O) groups is 1. The molecule has 0 radical (unpaired) electrons. The Morgan fingerprint density at radius 3 is 2.63 bits per heavy atom. The van der Waals surface area contributed by atoms with E-state index in [9.17, 15) is 4.79 Å². The number of benzene rings is 1. The highest BCUT2D eigenvalue weighted by atomic mass is 35.5. The van der Waals surface area contributed by atoms with Crippen molar-refractivity contribution < 1.29 is 4.79 Å². The minimum Gasteiger partial charge on any atom is -0.349 e. The summed E-state index contributed by atoms with van der Waals surface area (Å²) in [5, 5.41) is 8.46. The van der Waals surface area contributed by atoms with Crippen molar-refractivity contribution in [3.63, 3.8) is 0 Å². The fraction of sp³-hybridized carbons (Fsp3) is 0.333. The van der Waals surface area contributed by atoms with Gasteiger partial charge in [0, 0.05) is 19.3 Å². The van der Waals surface area contributed by atoms with Gasteiger partial charge in [-0.2, -0.15) is 5.10 Å². The first-order chi connectivity index (χ1) is 13.1. The molecule has 1 saturated carbocycles. The second-order valence-corrected chi connectivity index (χ2v) is 7.50. The van der Waals surface area contributed by atoms with Crippen LogP contribution in [0.5, 0.6) is 0 Å². The van der Waals surface area contributed by atoms with Crippen LogP contribution in [0.3, 0.4) is 0 Å². The summed E-state index contributed by atoms with van der Waals surface area (Å²) >= 11 is 6.39. The van der Waals surface area contributed by atoms with Gasteiger partial charge in [0.1, 0.15) is 11.4 Å². The maximum atomic E-state index is 13.1. The first-order valence-electron chi connectivity index (χ1n) is 9.41. The number of rotatable bonds is 4. The van der Waals surface area contributed by atoms with Gasteiger partial charge in [-0.3, -0.25) is 4.79 Å². The number of para-hydroxylation sites is 1. The van der Waals surface area contributed by atoms with Crippen molar-refractivity contribution in [1.82, 2.24) is 19.7 Å². The molecular formula is C21H23ClN4O. The van der Waals surface area contributed by atoms with Crippen molar-refractivity contribution in [2.24, 2.45) is 7.05 Å². The van der Waals surface area contributed by atoms with E-state index in [1.54, 1.807) is 4.68 Å². The normalized spacial score (nSPS) is 15.0. The predicted molar refractivity (Wildman–Crippen MR) is 107 cm³/mol. The number of carbonyl (C=O) groups excluding carboxylic acids is 1. The Morgan fingerprint density at radius 1 is 1.15 bits per heavy atom. The molecular weight excluding hydrogens is 360 g/mol. The van der Waals surface area contributed by atoms with Crippen LogP contribution in [0, 0.1) is 0 Å². The Kier molecular flexibility index (Phi) is 5.03. The van der Waals surface area contributed by atoms with E-state index in [4.69, 9.17) is 16.7 Å². The summed E-state index contributed by atoms with van der Waals surface area (Å²) in [5.41, 5.74) is 2.90. The first kappa shape index (κ1) is 17.9. The minimum atomic E-state index is -0.102. The lowest BCUT2D eigenvalue weighted by molar-refractivity contribution is 0.0920. The summed E-state index contributed by atoms with van der Waals surface area (Å²) in [6.07, 6.45) is 7.63. The van der Waals surface area contributed by atoms with Gasteiger partial charge in [0.2, 0.25) is 0 Å². The molecule has 1 amide bonds. The number of nitrogens with one attached hydrogen (secondary N) is 1. The monoisotopic (exact) mass is 382 g/mol. The molecule has 1 aliphatic carbocycles. The van der Waals surface area contributed by atoms with E-state index in [0.29, 0.717) is 16.4 Å². The average molecular weight is 383 g/mol. The third-order valence-electron chi connectivity index (χ3n) is 5.17. The SMILES string of the molecule is Cn1cccc1-c1cc(C(=O)NC2CCCCC2)n(-c2ccccc2Cl)n1. The largest absolute Gasteiger partial charge is 0.349 e. The van der Waals surface area contributed by atoms with Crippen molar-refractivity contribution in [2.45, 2.75) is 38.1 Å². The summed E-state index contributed by atoms with van der Waals surface area (Å²) in [6, 6.07) is 13.5. The third kappa shape index (κ3) is 3.65. The zero-order valence-electron chi connectivity index (χ0n) is 15.4. The Hall–Kier alpha value is -2.53. The Labute approximate surface area is 164 Å². The number of nitrogens with zero attached hydrogens (tertiary/aromatic N) is 3. The zero-order chi connectivity index (χ0) is 18.8. The molecule has 2 aromatic heterocycles. The highest BCUT2D eigenvalue weighted by molar-refractivity contribution is 6.32. The molecule has 2 heterocycles. The van der Waals surface area contributed by atoms with Gasteiger partial charge in [-0.15, -0.1) is 0 Å². The van der Waals surface area contributed by atoms with Crippen molar-refractivity contribution in [2.75, 3.05) is 0 Å². The van der Waals surface area contributed by atoms with Gasteiger partial charge >= 0.3 is 0 Å². The Morgan fingerprint density at radius 2 is 1.93 bits per heavy atom. The van der Waals surface area contributed by atoms with Crippen LogP contribution >= 0.6 is 11.6 Å². The molecule has 3 aromatic rings. The average Bonchev–Trinajstić information content (AvgIpc) is 3.29. The van der Waals surface area contributed by atoms with Crippen LogP contribution in [-0.2, 0) is 7.05 Å². The predicted octanol–water partition coefficient (Wildman–Crippen LogP) is 4.59. The summed E-state index contributed by atoms with van der Waals surface area (Å²) in [7, 11) is 1.96. The van der Waals surface area contributed by atoms with E-state index in [0.717, 1.165) is 24.2 Å². The van der Waals surface area contributed by atoms with Gasteiger partial charge in [0.25, 0.3) is 5.91 Å². The van der Waals surface area contributed by atoms with Crippen molar-refractivity contribution in [3.8, 4) is 17.1 Å². The van der Waals surface area contributed by atoms with E-state index < -0.39 is 0 Å². The lowest BCUT2D eigenvalue weighted by atomic mass is 9.95. The number of aromatic nitrogens is 3. The molecule has 6 heteroatoms. The standard InChI is InChI=1S/C21H23ClN4O/c1-25-13-7-12-19(25)17-14-20(21(27)23-15-8-3-2-4-9-15)26(24-17)18-11-6-5-10-16(18)22/h5-7,10-15H,2-4,8-9H2,1H3,(H,23,27). The van der Waals surface area contributed by atoms with Crippen molar-refractivity contribution in [1.29, 1.82) is 0 Å². The van der Waals surface area contributed by atoms with E-state index in [1.165, 1.54) is 19.3 Å². The fourth-order valence-corrected chi connectivity index (χ4v) is 3.92. The van der Waals surface area contributed by atoms with E-state index >= 15 is 0 Å². The van der Waals surface area contributed by atoms with Gasteiger partial charge in [0.15, 0.2) is 0 Å². The molecule has 0 atom stereocenters. The van der Waals surface area contributed by atoms with Crippen LogP contribution in [0.15, 0.2) is 48.7 Å². The molecule has 1 aliphatic rings. The van der Waals surface area contributed by atoms with Crippen LogP contribution < -0.4 is 5.32 Å². The summed E-state index contributed by atoms with van der Waals surface area (Å²) in [4.78, 5) is 13.1. The number of amides is 1. The van der Waals surface area contributed by atoms with Crippen LogP contribution in [0.1, 0.15) is 42.6 Å². The zero-order valence-corrected chi connectivity index (χ0v) is 16.1. The highest BCUT2D eigenvalue weighted by Crippen LogP contribution is 2.26. The second-order valence-electron chi connectivity index (χ2n) is 7.09. The maximum Gasteiger partial charge on any atom is 0.270 e. The third-order valence-corrected chi connectivity index (χ3v) is 5.49. The molecule has 0 unspecified atom stereocenters.